The smallest absolute Gasteiger partial charge is 0.375 e. The number of nitrogens with two attached hydrogens (primary N) is 1. The summed E-state index contributed by atoms with van der Waals surface area (Å²) in [6.45, 7) is 9.21. The van der Waals surface area contributed by atoms with E-state index in [-0.39, 0.29) is 81.1 Å². The number of para-hydroxylation sites is 2. The number of thioether (sulfide) groups is 2. The minimum Gasteiger partial charge on any atom is -0.504 e. The summed E-state index contributed by atoms with van der Waals surface area (Å²) in [5.41, 5.74) is 15.9. The quantitative estimate of drug-likeness (QED) is 0.0471. The van der Waals surface area contributed by atoms with Gasteiger partial charge in [-0.15, -0.1) is 23.5 Å². The van der Waals surface area contributed by atoms with Gasteiger partial charge >= 0.3 is 23.9 Å². The SMILES string of the molecule is COc1c(C)cc2c(c1O)[C@@H]1[C@@H]3[C@@H]4SCC(=O)C(=O)OC[C@@H](c5c6c(c(C)c(OC(C)=O)c54)OCO6)N3[C@@H](C#N)[C@H](C2)N1C.COc1c(C)cc2c(c1O)[C@@H]1[C@@H]3[C@@H]4SC[C@]5(N[C@@H](CO)Cc6c5oc5ccccc65)C(=O)OC[C@@H](c5c6c(c(C)c(OC(C)=O)c54)OCO6)N3[C@@H](C#N)[C@H](C2)N1C.N[C@@H](CO)Cc1coc2ccccc12. The number of phenolic OH excluding ortho intramolecular Hbond substituents is 2. The van der Waals surface area contributed by atoms with Gasteiger partial charge in [0.1, 0.15) is 53.7 Å². The first kappa shape index (κ1) is 77.3. The van der Waals surface area contributed by atoms with Crippen molar-refractivity contribution in [1.82, 2.24) is 24.9 Å². The number of nitrogens with zero attached hydrogens (tertiary/aromatic N) is 6. The standard InChI is InChI=1S/C42H42N4O10S.C31H31N3O9S.C11H13NO2/c1-18-10-21-11-25-26(13-43)46-27-15-52-41(50)42(40-24(12-22(14-47)44-42)23-8-6-7-9-28(23)56-40)16-57-39(33(46)32(45(25)4)29(21)34(49)35(18)51-5)31-30(27)38-37(53-17-54-38)19(2)36(31)55-20(3)48;1-12-6-15-7-16-17(8-32)34-18-9-40-31(38)19(36)10-44-30(24(34)23(33(16)4)20(15)25(37)26(12)39-5)22-21(18)29-28(41-11-42-29)13(2)27(22)43-14(3)35;12-9(6-13)5-8-7-14-11-4-2-1-3-10(8)11/h6-10,22,25-27,32-33,39,44,47,49H,11-12,14-17H2,1-5H3;6,16-18,23-24,30,37H,7,9-11H2,1-5H3;1-4,7,9,13H,5-6,12H2/t22-,25+,26+,27+,32-,33-,39-,42-;16-,17-,18-,23+,24+,30+;9-/m101/s1. The van der Waals surface area contributed by atoms with Crippen molar-refractivity contribution in [2.45, 2.75) is 156 Å². The highest BCUT2D eigenvalue weighted by Gasteiger charge is 2.65. The summed E-state index contributed by atoms with van der Waals surface area (Å²) >= 11 is 2.66. The fourth-order valence-corrected chi connectivity index (χ4v) is 23.1. The van der Waals surface area contributed by atoms with Gasteiger partial charge in [0, 0.05) is 117 Å². The lowest BCUT2D eigenvalue weighted by molar-refractivity contribution is -0.158. The molecule has 20 rings (SSSR count). The number of Topliss-reactive ketones (excluding diaryl/α,β-unsaturated/α-hetero) is 1. The number of piperazine rings is 2. The zero-order valence-corrected chi connectivity index (χ0v) is 66.4. The number of ketones is 1. The molecule has 12 aliphatic rings. The van der Waals surface area contributed by atoms with Gasteiger partial charge in [-0.1, -0.05) is 48.5 Å². The molecule has 2 aromatic heterocycles. The third kappa shape index (κ3) is 12.0. The number of nitrogens with one attached hydrogen (secondary N) is 1. The topological polar surface area (TPSA) is 383 Å². The molecule has 115 heavy (non-hydrogen) atoms. The van der Waals surface area contributed by atoms with E-state index in [1.54, 1.807) is 13.2 Å². The van der Waals surface area contributed by atoms with E-state index in [0.717, 1.165) is 49.7 Å². The van der Waals surface area contributed by atoms with E-state index in [9.17, 15) is 49.8 Å². The average Bonchev–Trinajstić information content (AvgIpc) is 0.892. The maximum absolute atomic E-state index is 15.0. The second-order valence-corrected chi connectivity index (χ2v) is 33.3. The summed E-state index contributed by atoms with van der Waals surface area (Å²) in [6, 6.07) is 18.4. The van der Waals surface area contributed by atoms with Crippen LogP contribution in [0.25, 0.3) is 21.9 Å². The molecule has 0 aliphatic carbocycles. The third-order valence-corrected chi connectivity index (χ3v) is 27.6. The number of aliphatic hydroxyl groups is 2. The minimum atomic E-state index is -1.54. The van der Waals surface area contributed by atoms with Crippen LogP contribution in [0.1, 0.15) is 132 Å². The average molecular weight is 1610 g/mol. The molecule has 8 bridgehead atoms. The van der Waals surface area contributed by atoms with Crippen LogP contribution in [0.15, 0.2) is 75.8 Å². The normalized spacial score (nSPS) is 27.4. The monoisotopic (exact) mass is 1610 g/mol. The number of methoxy groups -OCH3 is 2. The van der Waals surface area contributed by atoms with Crippen molar-refractivity contribution in [3.8, 4) is 69.6 Å². The largest absolute Gasteiger partial charge is 0.504 e. The number of aliphatic hydroxyl groups excluding tert-OH is 2. The Balaban J connectivity index is 0.000000145. The van der Waals surface area contributed by atoms with Crippen LogP contribution in [0.3, 0.4) is 0 Å². The molecule has 12 aliphatic heterocycles. The molecule has 8 aromatic rings. The molecule has 0 radical (unpaired) electrons. The van der Waals surface area contributed by atoms with Crippen LogP contribution in [0.5, 0.6) is 57.5 Å². The Morgan fingerprint density at radius 3 is 1.68 bits per heavy atom. The molecule has 14 heterocycles. The highest BCUT2D eigenvalue weighted by atomic mass is 32.2. The van der Waals surface area contributed by atoms with Crippen LogP contribution in [0.4, 0.5) is 0 Å². The van der Waals surface area contributed by atoms with Crippen LogP contribution in [0.2, 0.25) is 0 Å². The Bertz CT molecular complexity index is 5480. The summed E-state index contributed by atoms with van der Waals surface area (Å²) < 4.78 is 71.6. The molecule has 31 heteroatoms. The van der Waals surface area contributed by atoms with Gasteiger partial charge in [0.15, 0.2) is 51.5 Å². The number of cyclic esters (lactones) is 1. The lowest BCUT2D eigenvalue weighted by Gasteiger charge is -2.62. The molecule has 15 atom stereocenters. The first-order chi connectivity index (χ1) is 55.4. The van der Waals surface area contributed by atoms with E-state index in [4.69, 9.17) is 67.0 Å². The second kappa shape index (κ2) is 29.8. The number of hydrogen-bond acceptors (Lipinski definition) is 31. The van der Waals surface area contributed by atoms with Crippen LogP contribution in [-0.4, -0.2) is 198 Å². The van der Waals surface area contributed by atoms with Crippen LogP contribution in [0, 0.1) is 50.4 Å². The molecular weight excluding hydrogens is 1520 g/mol. The Morgan fingerprint density at radius 2 is 1.17 bits per heavy atom. The van der Waals surface area contributed by atoms with Gasteiger partial charge in [-0.3, -0.25) is 39.3 Å². The van der Waals surface area contributed by atoms with Crippen molar-refractivity contribution in [3.63, 3.8) is 0 Å². The first-order valence-corrected chi connectivity index (χ1v) is 40.2. The molecule has 600 valence electrons. The maximum atomic E-state index is 15.0. The number of likely N-dealkylation sites (N-methyl/N-ethyl adjacent to an activating group) is 2. The summed E-state index contributed by atoms with van der Waals surface area (Å²) in [5, 5.41) is 69.4. The van der Waals surface area contributed by atoms with Gasteiger partial charge in [-0.2, -0.15) is 10.5 Å². The van der Waals surface area contributed by atoms with Gasteiger partial charge in [-0.05, 0) is 107 Å². The van der Waals surface area contributed by atoms with Gasteiger partial charge in [0.2, 0.25) is 19.4 Å². The number of nitriles is 2. The highest BCUT2D eigenvalue weighted by Crippen LogP contribution is 2.67. The van der Waals surface area contributed by atoms with E-state index in [2.05, 4.69) is 37.1 Å². The van der Waals surface area contributed by atoms with Crippen molar-refractivity contribution in [2.24, 2.45) is 5.73 Å². The van der Waals surface area contributed by atoms with Crippen molar-refractivity contribution >= 4 is 75.1 Å². The second-order valence-electron chi connectivity index (χ2n) is 31.0. The molecule has 4 fully saturated rings. The fraction of sp³-hybridized carbons (Fsp3) is 0.440. The number of esters is 4. The number of phenols is 2. The Hall–Kier alpha value is -10.3. The zero-order valence-electron chi connectivity index (χ0n) is 64.7. The number of carbonyl (C=O) groups is 5. The van der Waals surface area contributed by atoms with E-state index in [1.165, 1.54) is 51.6 Å². The fourth-order valence-electron chi connectivity index (χ4n) is 20.2. The van der Waals surface area contributed by atoms with Gasteiger partial charge < -0.3 is 82.4 Å². The summed E-state index contributed by atoms with van der Waals surface area (Å²) in [6.07, 6.45) is 3.76. The first-order valence-electron chi connectivity index (χ1n) is 38.1. The number of aromatic hydroxyl groups is 2. The van der Waals surface area contributed by atoms with E-state index in [0.29, 0.717) is 128 Å². The number of aryl methyl sites for hydroxylation is 2. The Morgan fingerprint density at radius 1 is 0.661 bits per heavy atom. The van der Waals surface area contributed by atoms with Gasteiger partial charge in [0.05, 0.1) is 86.3 Å². The van der Waals surface area contributed by atoms with E-state index in [1.807, 2.05) is 95.5 Å². The lowest BCUT2D eigenvalue weighted by atomic mass is 9.71. The number of fused-ring (bicyclic) bond motifs is 21. The lowest BCUT2D eigenvalue weighted by Crippen LogP contribution is -2.69. The Kier molecular flexibility index (Phi) is 20.0. The van der Waals surface area contributed by atoms with Crippen molar-refractivity contribution < 1.29 is 101 Å². The number of ether oxygens (including phenoxy) is 10. The van der Waals surface area contributed by atoms with Crippen molar-refractivity contribution in [2.75, 3.05) is 79.8 Å². The molecule has 0 saturated carbocycles. The highest BCUT2D eigenvalue weighted by molar-refractivity contribution is 8.00. The summed E-state index contributed by atoms with van der Waals surface area (Å²) in [5.74, 6) is 0.141. The molecule has 1 spiro atoms. The van der Waals surface area contributed by atoms with E-state index < -0.39 is 100 Å². The molecule has 6 aromatic carbocycles. The number of furan rings is 2. The molecule has 7 N–H and O–H groups in total. The Labute approximate surface area is 669 Å². The van der Waals surface area contributed by atoms with Gasteiger partial charge in [0.25, 0.3) is 0 Å². The summed E-state index contributed by atoms with van der Waals surface area (Å²) in [4.78, 5) is 74.6. The maximum Gasteiger partial charge on any atom is 0.375 e. The van der Waals surface area contributed by atoms with Crippen molar-refractivity contribution in [1.29, 1.82) is 10.5 Å². The van der Waals surface area contributed by atoms with Crippen molar-refractivity contribution in [3.05, 3.63) is 151 Å². The number of benzene rings is 6. The zero-order chi connectivity index (χ0) is 80.8. The van der Waals surface area contributed by atoms with Gasteiger partial charge in [-0.25, -0.2) is 9.59 Å². The predicted molar refractivity (Wildman–Crippen MR) is 415 cm³/mol. The van der Waals surface area contributed by atoms with E-state index >= 15 is 0 Å². The number of rotatable bonds is 8. The van der Waals surface area contributed by atoms with Crippen LogP contribution < -0.4 is 48.9 Å². The third-order valence-electron chi connectivity index (χ3n) is 24.8. The van der Waals surface area contributed by atoms with Crippen LogP contribution in [-0.2, 0) is 64.7 Å². The number of carbonyl (C=O) groups excluding carboxylic acids is 5. The predicted octanol–water partition coefficient (Wildman–Crippen LogP) is 8.48. The van der Waals surface area contributed by atoms with Crippen LogP contribution >= 0.6 is 23.5 Å². The molecule has 0 amide bonds. The molecule has 0 unspecified atom stereocenters. The number of hydrogen-bond donors (Lipinski definition) is 6. The summed E-state index contributed by atoms with van der Waals surface area (Å²) in [7, 11) is 6.97. The molecular formula is C84H86N8O21S2. The molecule has 4 saturated heterocycles. The minimum absolute atomic E-state index is 0.000489. The molecule has 29 nitrogen and oxygen atoms in total.